The monoisotopic (exact) mass is 432 g/mol. The van der Waals surface area contributed by atoms with Crippen molar-refractivity contribution < 1.29 is 4.79 Å². The molecule has 0 aromatic heterocycles. The highest BCUT2D eigenvalue weighted by Gasteiger charge is 1.99. The van der Waals surface area contributed by atoms with Gasteiger partial charge in [0.25, 0.3) is 0 Å². The maximum Gasteiger partial charge on any atom is 0.149 e. The van der Waals surface area contributed by atoms with Gasteiger partial charge in [0.1, 0.15) is 6.29 Å². The molecule has 0 atom stereocenters. The fourth-order valence-corrected chi connectivity index (χ4v) is 4.26. The Morgan fingerprint density at radius 3 is 1.16 bits per heavy atom. The maximum absolute atomic E-state index is 11.4. The lowest BCUT2D eigenvalue weighted by Gasteiger charge is -2.04. The predicted molar refractivity (Wildman–Crippen MR) is 141 cm³/mol. The Morgan fingerprint density at radius 1 is 0.484 bits per heavy atom. The summed E-state index contributed by atoms with van der Waals surface area (Å²) < 4.78 is 0. The van der Waals surface area contributed by atoms with Crippen LogP contribution in [0.1, 0.15) is 162 Å². The van der Waals surface area contributed by atoms with E-state index >= 15 is 0 Å². The average molecular weight is 433 g/mol. The molecule has 0 heterocycles. The molecule has 0 amide bonds. The van der Waals surface area contributed by atoms with Gasteiger partial charge in [0.05, 0.1) is 0 Å². The number of allylic oxidation sites excluding steroid dienone is 4. The van der Waals surface area contributed by atoms with Crippen molar-refractivity contribution in [2.45, 2.75) is 162 Å². The molecule has 0 saturated carbocycles. The normalized spacial score (nSPS) is 12.5. The fourth-order valence-electron chi connectivity index (χ4n) is 4.26. The minimum absolute atomic E-state index is 0.919. The molecule has 182 valence electrons. The smallest absolute Gasteiger partial charge is 0.149 e. The van der Waals surface area contributed by atoms with E-state index in [9.17, 15) is 4.79 Å². The van der Waals surface area contributed by atoms with E-state index < -0.39 is 0 Å². The van der Waals surface area contributed by atoms with Gasteiger partial charge in [-0.15, -0.1) is 0 Å². The zero-order chi connectivity index (χ0) is 22.8. The predicted octanol–water partition coefficient (Wildman–Crippen LogP) is 10.7. The maximum atomic E-state index is 11.4. The van der Waals surface area contributed by atoms with Gasteiger partial charge in [-0.05, 0) is 38.2 Å². The van der Waals surface area contributed by atoms with Crippen LogP contribution in [0.25, 0.3) is 0 Å². The van der Waals surface area contributed by atoms with Gasteiger partial charge in [0.2, 0.25) is 0 Å². The number of hydrogen-bond acceptors (Lipinski definition) is 1. The molecule has 0 N–H and O–H groups in total. The fraction of sp³-hybridized carbons (Fsp3) is 0.833. The van der Waals surface area contributed by atoms with E-state index in [0.717, 1.165) is 24.7 Å². The minimum Gasteiger partial charge on any atom is -0.298 e. The van der Waals surface area contributed by atoms with Gasteiger partial charge in [0.15, 0.2) is 0 Å². The van der Waals surface area contributed by atoms with E-state index in [1.807, 2.05) is 0 Å². The van der Waals surface area contributed by atoms with E-state index in [2.05, 4.69) is 32.9 Å². The molecule has 0 fully saturated rings. The molecule has 0 saturated heterocycles. The van der Waals surface area contributed by atoms with Crippen LogP contribution in [0.3, 0.4) is 0 Å². The first-order valence-electron chi connectivity index (χ1n) is 14.1. The molecule has 0 aromatic carbocycles. The van der Waals surface area contributed by atoms with Crippen molar-refractivity contribution in [3.8, 4) is 0 Å². The van der Waals surface area contributed by atoms with Crippen molar-refractivity contribution >= 4 is 6.29 Å². The third-order valence-electron chi connectivity index (χ3n) is 6.51. The SMILES string of the molecule is CCCCCCCCCCC=C(C)C(C=O)=CCCCCCCCCCCCCCC. The first kappa shape index (κ1) is 30.1. The van der Waals surface area contributed by atoms with Crippen LogP contribution >= 0.6 is 0 Å². The Labute approximate surface area is 196 Å². The summed E-state index contributed by atoms with van der Waals surface area (Å²) in [5, 5.41) is 0. The van der Waals surface area contributed by atoms with Crippen LogP contribution in [0.15, 0.2) is 23.3 Å². The second-order valence-corrected chi connectivity index (χ2v) is 9.61. The molecule has 1 heteroatoms. The van der Waals surface area contributed by atoms with E-state index in [0.29, 0.717) is 0 Å². The molecule has 0 aromatic rings. The van der Waals surface area contributed by atoms with Crippen molar-refractivity contribution in [2.75, 3.05) is 0 Å². The molecule has 0 unspecified atom stereocenters. The van der Waals surface area contributed by atoms with Crippen molar-refractivity contribution in [3.05, 3.63) is 23.3 Å². The molecule has 0 aliphatic carbocycles. The molecule has 0 rings (SSSR count). The molecular formula is C30H56O. The largest absolute Gasteiger partial charge is 0.298 e. The Morgan fingerprint density at radius 2 is 0.806 bits per heavy atom. The van der Waals surface area contributed by atoms with Crippen LogP contribution in [-0.4, -0.2) is 6.29 Å². The van der Waals surface area contributed by atoms with Crippen molar-refractivity contribution in [1.82, 2.24) is 0 Å². The summed E-state index contributed by atoms with van der Waals surface area (Å²) in [4.78, 5) is 11.4. The average Bonchev–Trinajstić information content (AvgIpc) is 2.78. The van der Waals surface area contributed by atoms with E-state index in [1.165, 1.54) is 134 Å². The molecule has 0 radical (unpaired) electrons. The van der Waals surface area contributed by atoms with Gasteiger partial charge in [-0.25, -0.2) is 0 Å². The third kappa shape index (κ3) is 22.1. The highest BCUT2D eigenvalue weighted by Crippen LogP contribution is 2.16. The van der Waals surface area contributed by atoms with Crippen LogP contribution in [0.5, 0.6) is 0 Å². The van der Waals surface area contributed by atoms with Crippen molar-refractivity contribution in [3.63, 3.8) is 0 Å². The lowest BCUT2D eigenvalue weighted by molar-refractivity contribution is -0.104. The summed E-state index contributed by atoms with van der Waals surface area (Å²) in [6.45, 7) is 6.66. The number of unbranched alkanes of at least 4 members (excludes halogenated alkanes) is 20. The van der Waals surface area contributed by atoms with Crippen LogP contribution in [0.2, 0.25) is 0 Å². The lowest BCUT2D eigenvalue weighted by Crippen LogP contribution is -1.89. The quantitative estimate of drug-likeness (QED) is 0.0641. The molecule has 1 nitrogen and oxygen atoms in total. The Balaban J connectivity index is 3.65. The molecule has 0 spiro atoms. The van der Waals surface area contributed by atoms with Crippen LogP contribution in [-0.2, 0) is 4.79 Å². The lowest BCUT2D eigenvalue weighted by atomic mass is 10.0. The highest BCUT2D eigenvalue weighted by molar-refractivity contribution is 5.79. The number of carbonyl (C=O) groups excluding carboxylic acids is 1. The van der Waals surface area contributed by atoms with Gasteiger partial charge in [-0.1, -0.05) is 142 Å². The minimum atomic E-state index is 0.919. The molecule has 0 aliphatic rings. The van der Waals surface area contributed by atoms with Gasteiger partial charge in [-0.3, -0.25) is 4.79 Å². The number of aldehydes is 1. The van der Waals surface area contributed by atoms with Crippen LogP contribution in [0, 0.1) is 0 Å². The first-order valence-corrected chi connectivity index (χ1v) is 14.1. The summed E-state index contributed by atoms with van der Waals surface area (Å²) in [6.07, 6.45) is 35.1. The standard InChI is InChI=1S/C30H56O/c1-4-6-8-10-12-14-15-16-17-19-21-23-25-27-30(28-31)29(3)26-24-22-20-18-13-11-9-7-5-2/h26-28H,4-25H2,1-3H3. The Bertz CT molecular complexity index is 432. The molecule has 0 bridgehead atoms. The zero-order valence-corrected chi connectivity index (χ0v) is 21.7. The Kier molecular flexibility index (Phi) is 24.7. The first-order chi connectivity index (χ1) is 15.3. The molecule has 31 heavy (non-hydrogen) atoms. The Hall–Kier alpha value is -0.850. The van der Waals surface area contributed by atoms with E-state index in [4.69, 9.17) is 0 Å². The summed E-state index contributed by atoms with van der Waals surface area (Å²) >= 11 is 0. The summed E-state index contributed by atoms with van der Waals surface area (Å²) in [6, 6.07) is 0. The number of hydrogen-bond donors (Lipinski definition) is 0. The van der Waals surface area contributed by atoms with E-state index in [1.54, 1.807) is 0 Å². The second-order valence-electron chi connectivity index (χ2n) is 9.61. The number of rotatable bonds is 24. The summed E-state index contributed by atoms with van der Waals surface area (Å²) in [5.74, 6) is 0. The highest BCUT2D eigenvalue weighted by atomic mass is 16.1. The zero-order valence-electron chi connectivity index (χ0n) is 21.7. The topological polar surface area (TPSA) is 17.1 Å². The third-order valence-corrected chi connectivity index (χ3v) is 6.51. The summed E-state index contributed by atoms with van der Waals surface area (Å²) in [7, 11) is 0. The van der Waals surface area contributed by atoms with Crippen LogP contribution < -0.4 is 0 Å². The number of carbonyl (C=O) groups is 1. The van der Waals surface area contributed by atoms with Crippen molar-refractivity contribution in [2.24, 2.45) is 0 Å². The van der Waals surface area contributed by atoms with E-state index in [-0.39, 0.29) is 0 Å². The van der Waals surface area contributed by atoms with Gasteiger partial charge in [0, 0.05) is 5.57 Å². The van der Waals surface area contributed by atoms with Crippen LogP contribution in [0.4, 0.5) is 0 Å². The van der Waals surface area contributed by atoms with Gasteiger partial charge < -0.3 is 0 Å². The summed E-state index contributed by atoms with van der Waals surface area (Å²) in [5.41, 5.74) is 2.10. The molecular weight excluding hydrogens is 376 g/mol. The van der Waals surface area contributed by atoms with Gasteiger partial charge >= 0.3 is 0 Å². The second kappa shape index (κ2) is 25.4. The van der Waals surface area contributed by atoms with Gasteiger partial charge in [-0.2, -0.15) is 0 Å². The molecule has 0 aliphatic heterocycles. The van der Waals surface area contributed by atoms with Crippen molar-refractivity contribution in [1.29, 1.82) is 0 Å².